The molecule has 0 aromatic heterocycles. The Hall–Kier alpha value is -1.72. The summed E-state index contributed by atoms with van der Waals surface area (Å²) >= 11 is 7.21. The first-order chi connectivity index (χ1) is 10.0. The second-order valence-corrected chi connectivity index (χ2v) is 5.83. The van der Waals surface area contributed by atoms with Crippen LogP contribution >= 0.6 is 23.4 Å². The van der Waals surface area contributed by atoms with Gasteiger partial charge in [-0.25, -0.2) is 4.39 Å². The first-order valence-electron chi connectivity index (χ1n) is 6.23. The van der Waals surface area contributed by atoms with Crippen molar-refractivity contribution in [3.05, 3.63) is 58.9 Å². The molecule has 0 spiro atoms. The number of benzene rings is 2. The fraction of sp³-hybridized carbons (Fsp3) is 0.133. The third kappa shape index (κ3) is 4.95. The molecule has 0 saturated carbocycles. The largest absolute Gasteiger partial charge is 0.398 e. The maximum absolute atomic E-state index is 12.8. The molecule has 0 aliphatic carbocycles. The van der Waals surface area contributed by atoms with Gasteiger partial charge in [-0.2, -0.15) is 0 Å². The van der Waals surface area contributed by atoms with Gasteiger partial charge in [0.15, 0.2) is 0 Å². The van der Waals surface area contributed by atoms with Crippen LogP contribution in [0.15, 0.2) is 47.4 Å². The van der Waals surface area contributed by atoms with Gasteiger partial charge in [-0.3, -0.25) is 4.79 Å². The van der Waals surface area contributed by atoms with Gasteiger partial charge >= 0.3 is 0 Å². The summed E-state index contributed by atoms with van der Waals surface area (Å²) in [6, 6.07) is 11.1. The van der Waals surface area contributed by atoms with Crippen LogP contribution in [-0.4, -0.2) is 11.7 Å². The van der Waals surface area contributed by atoms with Crippen LogP contribution in [-0.2, 0) is 11.3 Å². The molecule has 2 rings (SSSR count). The Morgan fingerprint density at radius 3 is 2.67 bits per heavy atom. The van der Waals surface area contributed by atoms with Gasteiger partial charge < -0.3 is 11.1 Å². The number of nitrogens with two attached hydrogens (primary N) is 1. The van der Waals surface area contributed by atoms with E-state index in [0.29, 0.717) is 17.3 Å². The SMILES string of the molecule is Nc1ccc(Cl)cc1SCC(=O)NCc1ccc(F)cc1. The summed E-state index contributed by atoms with van der Waals surface area (Å²) in [6.45, 7) is 0.366. The van der Waals surface area contributed by atoms with E-state index in [9.17, 15) is 9.18 Å². The summed E-state index contributed by atoms with van der Waals surface area (Å²) in [5, 5.41) is 3.35. The lowest BCUT2D eigenvalue weighted by atomic mass is 10.2. The molecule has 1 amide bonds. The Balaban J connectivity index is 1.82. The van der Waals surface area contributed by atoms with Gasteiger partial charge in [0.05, 0.1) is 5.75 Å². The molecule has 0 atom stereocenters. The molecule has 6 heteroatoms. The lowest BCUT2D eigenvalue weighted by molar-refractivity contribution is -0.118. The normalized spacial score (nSPS) is 10.4. The zero-order valence-corrected chi connectivity index (χ0v) is 12.7. The lowest BCUT2D eigenvalue weighted by Crippen LogP contribution is -2.24. The Labute approximate surface area is 131 Å². The summed E-state index contributed by atoms with van der Waals surface area (Å²) in [5.41, 5.74) is 7.25. The molecule has 0 fully saturated rings. The van der Waals surface area contributed by atoms with Crippen LogP contribution in [0.5, 0.6) is 0 Å². The summed E-state index contributed by atoms with van der Waals surface area (Å²) in [5.74, 6) is -0.174. The van der Waals surface area contributed by atoms with Crippen molar-refractivity contribution >= 4 is 35.0 Å². The number of hydrogen-bond acceptors (Lipinski definition) is 3. The van der Waals surface area contributed by atoms with Gasteiger partial charge in [-0.05, 0) is 35.9 Å². The average molecular weight is 325 g/mol. The number of rotatable bonds is 5. The van der Waals surface area contributed by atoms with Crippen LogP contribution in [0.25, 0.3) is 0 Å². The molecule has 2 aromatic rings. The fourth-order valence-corrected chi connectivity index (χ4v) is 2.70. The summed E-state index contributed by atoms with van der Waals surface area (Å²) < 4.78 is 12.8. The van der Waals surface area contributed by atoms with Crippen molar-refractivity contribution in [2.24, 2.45) is 0 Å². The smallest absolute Gasteiger partial charge is 0.230 e. The molecule has 0 saturated heterocycles. The molecule has 0 aliphatic heterocycles. The zero-order valence-electron chi connectivity index (χ0n) is 11.1. The molecule has 3 N–H and O–H groups in total. The number of carbonyl (C=O) groups is 1. The highest BCUT2D eigenvalue weighted by molar-refractivity contribution is 8.00. The molecule has 2 aromatic carbocycles. The predicted molar refractivity (Wildman–Crippen MR) is 84.8 cm³/mol. The minimum atomic E-state index is -0.294. The summed E-state index contributed by atoms with van der Waals surface area (Å²) in [4.78, 5) is 12.6. The summed E-state index contributed by atoms with van der Waals surface area (Å²) in [7, 11) is 0. The molecule has 0 heterocycles. The molecule has 0 aliphatic rings. The third-order valence-corrected chi connectivity index (χ3v) is 4.04. The molecule has 3 nitrogen and oxygen atoms in total. The van der Waals surface area contributed by atoms with Crippen molar-refractivity contribution in [2.75, 3.05) is 11.5 Å². The zero-order chi connectivity index (χ0) is 15.2. The topological polar surface area (TPSA) is 55.1 Å². The third-order valence-electron chi connectivity index (χ3n) is 2.74. The quantitative estimate of drug-likeness (QED) is 0.654. The number of carbonyl (C=O) groups excluding carboxylic acids is 1. The second kappa shape index (κ2) is 7.33. The standard InChI is InChI=1S/C15H14ClFN2OS/c16-11-3-6-13(18)14(7-11)21-9-15(20)19-8-10-1-4-12(17)5-2-10/h1-7H,8-9,18H2,(H,19,20). The lowest BCUT2D eigenvalue weighted by Gasteiger charge is -2.07. The van der Waals surface area contributed by atoms with E-state index >= 15 is 0 Å². The predicted octanol–water partition coefficient (Wildman–Crippen LogP) is 3.47. The Kier molecular flexibility index (Phi) is 5.47. The van der Waals surface area contributed by atoms with Crippen molar-refractivity contribution in [3.8, 4) is 0 Å². The van der Waals surface area contributed by atoms with Gasteiger partial charge in [0.25, 0.3) is 0 Å². The van der Waals surface area contributed by atoms with Gasteiger partial charge in [0.1, 0.15) is 5.82 Å². The van der Waals surface area contributed by atoms with E-state index in [1.54, 1.807) is 30.3 Å². The number of thioether (sulfide) groups is 1. The number of hydrogen-bond donors (Lipinski definition) is 2. The molecular formula is C15H14ClFN2OS. The van der Waals surface area contributed by atoms with Crippen LogP contribution in [0.3, 0.4) is 0 Å². The highest BCUT2D eigenvalue weighted by Gasteiger charge is 2.06. The Morgan fingerprint density at radius 2 is 1.95 bits per heavy atom. The van der Waals surface area contributed by atoms with Crippen LogP contribution < -0.4 is 11.1 Å². The number of nitrogen functional groups attached to an aromatic ring is 1. The molecule has 0 radical (unpaired) electrons. The van der Waals surface area contributed by atoms with Crippen LogP contribution in [0.1, 0.15) is 5.56 Å². The minimum Gasteiger partial charge on any atom is -0.398 e. The van der Waals surface area contributed by atoms with Crippen LogP contribution in [0.2, 0.25) is 5.02 Å². The van der Waals surface area contributed by atoms with Crippen LogP contribution in [0, 0.1) is 5.82 Å². The maximum Gasteiger partial charge on any atom is 0.230 e. The Bertz CT molecular complexity index is 634. The van der Waals surface area contributed by atoms with Crippen molar-refractivity contribution in [2.45, 2.75) is 11.4 Å². The second-order valence-electron chi connectivity index (χ2n) is 4.37. The Morgan fingerprint density at radius 1 is 1.24 bits per heavy atom. The first kappa shape index (κ1) is 15.7. The van der Waals surface area contributed by atoms with Crippen LogP contribution in [0.4, 0.5) is 10.1 Å². The van der Waals surface area contributed by atoms with Crippen molar-refractivity contribution in [1.82, 2.24) is 5.32 Å². The van der Waals surface area contributed by atoms with Gasteiger partial charge in [0, 0.05) is 22.2 Å². The highest BCUT2D eigenvalue weighted by Crippen LogP contribution is 2.27. The molecule has 0 unspecified atom stereocenters. The minimum absolute atomic E-state index is 0.122. The summed E-state index contributed by atoms with van der Waals surface area (Å²) in [6.07, 6.45) is 0. The number of nitrogens with one attached hydrogen (secondary N) is 1. The van der Waals surface area contributed by atoms with Gasteiger partial charge in [0.2, 0.25) is 5.91 Å². The van der Waals surface area contributed by atoms with E-state index in [2.05, 4.69) is 5.32 Å². The molecular weight excluding hydrogens is 311 g/mol. The van der Waals surface area contributed by atoms with Gasteiger partial charge in [-0.15, -0.1) is 11.8 Å². The maximum atomic E-state index is 12.8. The van der Waals surface area contributed by atoms with E-state index in [4.69, 9.17) is 17.3 Å². The molecule has 21 heavy (non-hydrogen) atoms. The first-order valence-corrected chi connectivity index (χ1v) is 7.60. The van der Waals surface area contributed by atoms with Crippen molar-refractivity contribution in [3.63, 3.8) is 0 Å². The van der Waals surface area contributed by atoms with Crippen molar-refractivity contribution in [1.29, 1.82) is 0 Å². The van der Waals surface area contributed by atoms with Crippen molar-refractivity contribution < 1.29 is 9.18 Å². The number of amides is 1. The van der Waals surface area contributed by atoms with E-state index < -0.39 is 0 Å². The van der Waals surface area contributed by atoms with E-state index in [1.807, 2.05) is 0 Å². The number of anilines is 1. The number of halogens is 2. The van der Waals surface area contributed by atoms with E-state index in [0.717, 1.165) is 10.5 Å². The highest BCUT2D eigenvalue weighted by atomic mass is 35.5. The molecule has 0 bridgehead atoms. The molecule has 110 valence electrons. The van der Waals surface area contributed by atoms with E-state index in [1.165, 1.54) is 23.9 Å². The monoisotopic (exact) mass is 324 g/mol. The fourth-order valence-electron chi connectivity index (χ4n) is 1.63. The average Bonchev–Trinajstić information content (AvgIpc) is 2.47. The van der Waals surface area contributed by atoms with Gasteiger partial charge in [-0.1, -0.05) is 23.7 Å². The van der Waals surface area contributed by atoms with E-state index in [-0.39, 0.29) is 17.5 Å².